The van der Waals surface area contributed by atoms with Crippen molar-refractivity contribution in [1.82, 2.24) is 20.4 Å². The first kappa shape index (κ1) is 13.3. The van der Waals surface area contributed by atoms with Gasteiger partial charge in [0, 0.05) is 30.0 Å². The molecule has 3 atom stereocenters. The number of rotatable bonds is 1. The maximum Gasteiger partial charge on any atom is 0.254 e. The molecule has 114 valence electrons. The number of aromatic amines is 1. The summed E-state index contributed by atoms with van der Waals surface area (Å²) >= 11 is 0. The van der Waals surface area contributed by atoms with Crippen LogP contribution < -0.4 is 5.32 Å². The third-order valence-electron chi connectivity index (χ3n) is 5.03. The Bertz CT molecular complexity index is 753. The Morgan fingerprint density at radius 3 is 3.14 bits per heavy atom. The molecule has 2 aromatic rings. The van der Waals surface area contributed by atoms with Gasteiger partial charge >= 0.3 is 0 Å². The summed E-state index contributed by atoms with van der Waals surface area (Å²) in [6.45, 7) is 3.48. The van der Waals surface area contributed by atoms with Crippen LogP contribution in [0.2, 0.25) is 0 Å². The third kappa shape index (κ3) is 1.90. The smallest absolute Gasteiger partial charge is 0.254 e. The fourth-order valence-corrected chi connectivity index (χ4v) is 3.68. The van der Waals surface area contributed by atoms with Crippen LogP contribution in [0, 0.1) is 11.8 Å². The second-order valence-corrected chi connectivity index (χ2v) is 6.29. The molecule has 2 saturated heterocycles. The second kappa shape index (κ2) is 4.83. The largest absolute Gasteiger partial charge is 0.354 e. The van der Waals surface area contributed by atoms with Crippen molar-refractivity contribution in [2.75, 3.05) is 13.1 Å². The van der Waals surface area contributed by atoms with Gasteiger partial charge < -0.3 is 10.2 Å². The Morgan fingerprint density at radius 1 is 1.41 bits per heavy atom. The minimum atomic E-state index is -0.323. The number of H-pyrrole nitrogens is 1. The molecule has 0 spiro atoms. The topological polar surface area (TPSA) is 78.1 Å². The number of hydrogen-bond acceptors (Lipinski definition) is 3. The second-order valence-electron chi connectivity index (χ2n) is 6.29. The van der Waals surface area contributed by atoms with Crippen molar-refractivity contribution in [3.63, 3.8) is 0 Å². The Hall–Kier alpha value is -2.37. The lowest BCUT2D eigenvalue weighted by atomic mass is 9.82. The van der Waals surface area contributed by atoms with E-state index >= 15 is 0 Å². The van der Waals surface area contributed by atoms with Gasteiger partial charge in [-0.2, -0.15) is 5.10 Å². The van der Waals surface area contributed by atoms with Crippen molar-refractivity contribution < 1.29 is 9.59 Å². The first-order valence-electron chi connectivity index (χ1n) is 7.67. The first-order chi connectivity index (χ1) is 10.6. The highest BCUT2D eigenvalue weighted by molar-refractivity contribution is 6.00. The monoisotopic (exact) mass is 298 g/mol. The number of hydrogen-bond donors (Lipinski definition) is 2. The van der Waals surface area contributed by atoms with Crippen LogP contribution in [0.4, 0.5) is 0 Å². The fraction of sp³-hybridized carbons (Fsp3) is 0.438. The molecule has 2 aliphatic rings. The molecule has 22 heavy (non-hydrogen) atoms. The average Bonchev–Trinajstić information content (AvgIpc) is 3.14. The van der Waals surface area contributed by atoms with Gasteiger partial charge in [-0.1, -0.05) is 6.92 Å². The van der Waals surface area contributed by atoms with Crippen LogP contribution >= 0.6 is 0 Å². The van der Waals surface area contributed by atoms with Crippen LogP contribution in [0.5, 0.6) is 0 Å². The van der Waals surface area contributed by atoms with E-state index in [2.05, 4.69) is 22.4 Å². The molecule has 3 unspecified atom stereocenters. The quantitative estimate of drug-likeness (QED) is 0.829. The van der Waals surface area contributed by atoms with Gasteiger partial charge in [-0.3, -0.25) is 14.7 Å². The number of amides is 2. The summed E-state index contributed by atoms with van der Waals surface area (Å²) in [6.07, 6.45) is 2.64. The van der Waals surface area contributed by atoms with Gasteiger partial charge in [0.05, 0.1) is 11.7 Å². The van der Waals surface area contributed by atoms with Gasteiger partial charge in [0.2, 0.25) is 5.91 Å². The van der Waals surface area contributed by atoms with E-state index in [0.717, 1.165) is 17.3 Å². The molecule has 0 radical (unpaired) electrons. The highest BCUT2D eigenvalue weighted by Gasteiger charge is 2.46. The number of benzene rings is 1. The van der Waals surface area contributed by atoms with Crippen LogP contribution in [-0.4, -0.2) is 46.0 Å². The van der Waals surface area contributed by atoms with Gasteiger partial charge in [-0.05, 0) is 30.5 Å². The summed E-state index contributed by atoms with van der Waals surface area (Å²) in [7, 11) is 0. The molecule has 0 bridgehead atoms. The van der Waals surface area contributed by atoms with Gasteiger partial charge in [0.15, 0.2) is 0 Å². The van der Waals surface area contributed by atoms with Crippen molar-refractivity contribution in [3.8, 4) is 0 Å². The lowest BCUT2D eigenvalue weighted by Crippen LogP contribution is -2.52. The van der Waals surface area contributed by atoms with E-state index in [1.807, 2.05) is 12.1 Å². The van der Waals surface area contributed by atoms with Gasteiger partial charge in [-0.25, -0.2) is 0 Å². The molecular weight excluding hydrogens is 280 g/mol. The molecule has 0 saturated carbocycles. The van der Waals surface area contributed by atoms with E-state index in [1.54, 1.807) is 17.2 Å². The minimum Gasteiger partial charge on any atom is -0.354 e. The molecule has 1 aromatic carbocycles. The van der Waals surface area contributed by atoms with Crippen molar-refractivity contribution in [2.24, 2.45) is 11.8 Å². The summed E-state index contributed by atoms with van der Waals surface area (Å²) in [6, 6.07) is 5.16. The Morgan fingerprint density at radius 2 is 2.27 bits per heavy atom. The van der Waals surface area contributed by atoms with Crippen LogP contribution in [0.25, 0.3) is 10.9 Å². The van der Waals surface area contributed by atoms with E-state index in [9.17, 15) is 9.59 Å². The number of fused-ring (bicyclic) bond motifs is 2. The summed E-state index contributed by atoms with van der Waals surface area (Å²) in [5, 5.41) is 10.7. The predicted octanol–water partition coefficient (Wildman–Crippen LogP) is 1.16. The summed E-state index contributed by atoms with van der Waals surface area (Å²) in [5.41, 5.74) is 1.52. The molecule has 0 aliphatic carbocycles. The molecule has 2 aliphatic heterocycles. The Kier molecular flexibility index (Phi) is 2.92. The van der Waals surface area contributed by atoms with E-state index in [1.165, 1.54) is 0 Å². The minimum absolute atomic E-state index is 0.0192. The number of carbonyl (C=O) groups excluding carboxylic acids is 2. The predicted molar refractivity (Wildman–Crippen MR) is 81.2 cm³/mol. The third-order valence-corrected chi connectivity index (χ3v) is 5.03. The van der Waals surface area contributed by atoms with Crippen molar-refractivity contribution in [3.05, 3.63) is 30.0 Å². The average molecular weight is 298 g/mol. The Labute approximate surface area is 127 Å². The lowest BCUT2D eigenvalue weighted by Gasteiger charge is -2.39. The number of nitrogens with zero attached hydrogens (tertiary/aromatic N) is 2. The zero-order valence-electron chi connectivity index (χ0n) is 12.4. The molecule has 1 aromatic heterocycles. The zero-order chi connectivity index (χ0) is 15.3. The van der Waals surface area contributed by atoms with Crippen molar-refractivity contribution >= 4 is 22.7 Å². The summed E-state index contributed by atoms with van der Waals surface area (Å²) < 4.78 is 0. The number of piperidine rings is 1. The Balaban J connectivity index is 1.67. The number of nitrogens with one attached hydrogen (secondary N) is 2. The van der Waals surface area contributed by atoms with E-state index in [-0.39, 0.29) is 23.8 Å². The maximum atomic E-state index is 12.9. The number of aromatic nitrogens is 2. The van der Waals surface area contributed by atoms with Gasteiger partial charge in [-0.15, -0.1) is 0 Å². The van der Waals surface area contributed by atoms with Crippen LogP contribution in [0.1, 0.15) is 23.7 Å². The van der Waals surface area contributed by atoms with Crippen LogP contribution in [0.15, 0.2) is 24.4 Å². The van der Waals surface area contributed by atoms with Crippen molar-refractivity contribution in [2.45, 2.75) is 19.4 Å². The maximum absolute atomic E-state index is 12.9. The van der Waals surface area contributed by atoms with Crippen LogP contribution in [-0.2, 0) is 4.79 Å². The van der Waals surface area contributed by atoms with Crippen molar-refractivity contribution in [1.29, 1.82) is 0 Å². The summed E-state index contributed by atoms with van der Waals surface area (Å²) in [4.78, 5) is 26.8. The van der Waals surface area contributed by atoms with Gasteiger partial charge in [0.1, 0.15) is 6.04 Å². The molecule has 6 heteroatoms. The fourth-order valence-electron chi connectivity index (χ4n) is 3.68. The normalized spacial score (nSPS) is 27.8. The molecule has 4 rings (SSSR count). The number of carbonyl (C=O) groups is 2. The highest BCUT2D eigenvalue weighted by Crippen LogP contribution is 2.33. The molecular formula is C16H18N4O2. The molecule has 3 heterocycles. The molecule has 2 amide bonds. The highest BCUT2D eigenvalue weighted by atomic mass is 16.2. The number of likely N-dealkylation sites (tertiary alicyclic amines) is 1. The standard InChI is InChI=1S/C16H18N4O2/c1-9-4-5-20(14-12(9)8-17-15(14)21)16(22)10-2-3-13-11(6-10)7-18-19-13/h2-3,6-7,9,12,14H,4-5,8H2,1H3,(H,17,21)(H,18,19). The molecule has 2 fully saturated rings. The molecule has 2 N–H and O–H groups in total. The van der Waals surface area contributed by atoms with E-state index < -0.39 is 0 Å². The van der Waals surface area contributed by atoms with Crippen LogP contribution in [0.3, 0.4) is 0 Å². The van der Waals surface area contributed by atoms with Gasteiger partial charge in [0.25, 0.3) is 5.91 Å². The summed E-state index contributed by atoms with van der Waals surface area (Å²) in [5.74, 6) is 0.601. The first-order valence-corrected chi connectivity index (χ1v) is 7.67. The lowest BCUT2D eigenvalue weighted by molar-refractivity contribution is -0.124. The molecule has 6 nitrogen and oxygen atoms in total. The SMILES string of the molecule is CC1CCN(C(=O)c2ccc3[nH]ncc3c2)C2C(=O)NCC12. The van der Waals surface area contributed by atoms with E-state index in [4.69, 9.17) is 0 Å². The zero-order valence-corrected chi connectivity index (χ0v) is 12.4. The van der Waals surface area contributed by atoms with E-state index in [0.29, 0.717) is 24.6 Å².